The van der Waals surface area contributed by atoms with Crippen LogP contribution >= 0.6 is 7.82 Å². The van der Waals surface area contributed by atoms with Crippen molar-refractivity contribution >= 4 is 19.8 Å². The number of carbonyl (C=O) groups is 2. The molecule has 7 atom stereocenters. The van der Waals surface area contributed by atoms with Crippen LogP contribution in [-0.4, -0.2) is 110 Å². The van der Waals surface area contributed by atoms with Crippen LogP contribution in [-0.2, 0) is 32.7 Å². The number of allylic oxidation sites excluding steroid dienone is 9. The molecule has 0 aromatic rings. The third-order valence-electron chi connectivity index (χ3n) is 10.4. The summed E-state index contributed by atoms with van der Waals surface area (Å²) in [6, 6.07) is 0. The number of carbonyl (C=O) groups excluding carboxylic acids is 2. The molecule has 7 unspecified atom stereocenters. The van der Waals surface area contributed by atoms with Gasteiger partial charge in [-0.2, -0.15) is 0 Å². The first-order valence-corrected chi connectivity index (χ1v) is 24.7. The number of phosphoric acid groups is 1. The molecular formula is C47H81O14P. The Morgan fingerprint density at radius 2 is 1.08 bits per heavy atom. The molecule has 0 bridgehead atoms. The average Bonchev–Trinajstić information content (AvgIpc) is 3.25. The molecule has 14 nitrogen and oxygen atoms in total. The zero-order chi connectivity index (χ0) is 45.9. The van der Waals surface area contributed by atoms with Gasteiger partial charge in [-0.3, -0.25) is 18.6 Å². The third kappa shape index (κ3) is 29.1. The van der Waals surface area contributed by atoms with E-state index in [1.165, 1.54) is 38.5 Å². The molecular weight excluding hydrogens is 819 g/mol. The standard InChI is InChI=1S/C47H81O14P/c1-3-5-7-8-9-10-11-12-13-14-17-20-23-26-30-34-40(49)58-36-39(37-59-62(56,57)61-47-45(54)43(52)42(51)44(53)46(47)55)60-41(50)35-31-27-24-21-18-15-16-19-22-25-29-33-38(48)32-28-6-4-2/h12-13,15-16,21-22,24-25,29,33,38-39,42-48,51-55H,3-11,14,17-20,23,26-28,30-32,34-37H2,1-2H3,(H,56,57). The summed E-state index contributed by atoms with van der Waals surface area (Å²) in [5.41, 5.74) is 0. The van der Waals surface area contributed by atoms with Gasteiger partial charge in [-0.25, -0.2) is 4.57 Å². The summed E-state index contributed by atoms with van der Waals surface area (Å²) in [6.45, 7) is 3.11. The monoisotopic (exact) mass is 901 g/mol. The van der Waals surface area contributed by atoms with Crippen LogP contribution < -0.4 is 0 Å². The quantitative estimate of drug-likeness (QED) is 0.0103. The number of hydrogen-bond donors (Lipinski definition) is 7. The average molecular weight is 901 g/mol. The molecule has 0 amide bonds. The summed E-state index contributed by atoms with van der Waals surface area (Å²) >= 11 is 0. The van der Waals surface area contributed by atoms with Crippen LogP contribution in [0.5, 0.6) is 0 Å². The van der Waals surface area contributed by atoms with Crippen LogP contribution in [0.4, 0.5) is 0 Å². The minimum Gasteiger partial charge on any atom is -0.462 e. The molecule has 1 rings (SSSR count). The molecule has 15 heteroatoms. The Balaban J connectivity index is 2.54. The second kappa shape index (κ2) is 36.8. The number of aliphatic hydroxyl groups is 6. The molecule has 0 radical (unpaired) electrons. The van der Waals surface area contributed by atoms with Crippen molar-refractivity contribution in [3.63, 3.8) is 0 Å². The van der Waals surface area contributed by atoms with E-state index in [1.807, 2.05) is 42.5 Å². The first-order chi connectivity index (χ1) is 29.8. The number of aliphatic hydroxyl groups excluding tert-OH is 6. The highest BCUT2D eigenvalue weighted by Gasteiger charge is 2.51. The Morgan fingerprint density at radius 1 is 0.581 bits per heavy atom. The molecule has 0 saturated heterocycles. The van der Waals surface area contributed by atoms with Crippen molar-refractivity contribution in [2.24, 2.45) is 0 Å². The molecule has 0 spiro atoms. The Hall–Kier alpha value is -2.49. The normalized spacial score (nSPS) is 22.9. The molecule has 358 valence electrons. The number of hydrogen-bond acceptors (Lipinski definition) is 13. The minimum absolute atomic E-state index is 0.00297. The van der Waals surface area contributed by atoms with E-state index >= 15 is 0 Å². The smallest absolute Gasteiger partial charge is 0.462 e. The van der Waals surface area contributed by atoms with Gasteiger partial charge in [0.15, 0.2) is 6.10 Å². The van der Waals surface area contributed by atoms with Gasteiger partial charge in [-0.1, -0.05) is 145 Å². The molecule has 0 heterocycles. The minimum atomic E-state index is -5.15. The van der Waals surface area contributed by atoms with Crippen molar-refractivity contribution in [1.82, 2.24) is 0 Å². The number of unbranched alkanes of at least 4 members (excludes halogenated alkanes) is 14. The maximum atomic E-state index is 12.8. The first kappa shape index (κ1) is 57.5. The number of ether oxygens (including phenoxy) is 2. The van der Waals surface area contributed by atoms with Crippen molar-refractivity contribution in [3.05, 3.63) is 60.8 Å². The van der Waals surface area contributed by atoms with Crippen molar-refractivity contribution in [2.75, 3.05) is 13.2 Å². The zero-order valence-corrected chi connectivity index (χ0v) is 38.4. The zero-order valence-electron chi connectivity index (χ0n) is 37.5. The van der Waals surface area contributed by atoms with Crippen molar-refractivity contribution in [2.45, 2.75) is 210 Å². The fraction of sp³-hybridized carbons (Fsp3) is 0.745. The maximum Gasteiger partial charge on any atom is 0.472 e. The molecule has 62 heavy (non-hydrogen) atoms. The van der Waals surface area contributed by atoms with Gasteiger partial charge in [0.05, 0.1) is 12.7 Å². The first-order valence-electron chi connectivity index (χ1n) is 23.2. The highest BCUT2D eigenvalue weighted by molar-refractivity contribution is 7.47. The molecule has 1 fully saturated rings. The molecule has 1 saturated carbocycles. The van der Waals surface area contributed by atoms with E-state index in [4.69, 9.17) is 18.5 Å². The van der Waals surface area contributed by atoms with Crippen molar-refractivity contribution in [3.8, 4) is 0 Å². The van der Waals surface area contributed by atoms with Crippen LogP contribution in [0.3, 0.4) is 0 Å². The number of phosphoric ester groups is 1. The Kier molecular flexibility index (Phi) is 34.2. The van der Waals surface area contributed by atoms with E-state index in [0.717, 1.165) is 70.6 Å². The lowest BCUT2D eigenvalue weighted by Crippen LogP contribution is -2.64. The SMILES string of the molecule is CCCCCCCCC=CCCCCCCCC(=O)OCC(COP(=O)(O)OC1C(O)C(O)C(O)C(O)C1O)OC(=O)CCCC=CCC=CCC=CC=CC(O)CCCCC. The maximum absolute atomic E-state index is 12.8. The molecule has 1 aliphatic carbocycles. The van der Waals surface area contributed by atoms with Gasteiger partial charge in [0, 0.05) is 12.8 Å². The lowest BCUT2D eigenvalue weighted by molar-refractivity contribution is -0.220. The Labute approximate surface area is 371 Å². The fourth-order valence-electron chi connectivity index (χ4n) is 6.62. The van der Waals surface area contributed by atoms with E-state index in [0.29, 0.717) is 25.7 Å². The molecule has 0 aromatic heterocycles. The van der Waals surface area contributed by atoms with Gasteiger partial charge >= 0.3 is 19.8 Å². The molecule has 0 aromatic carbocycles. The largest absolute Gasteiger partial charge is 0.472 e. The van der Waals surface area contributed by atoms with Crippen LogP contribution in [0.15, 0.2) is 60.8 Å². The molecule has 1 aliphatic rings. The number of esters is 2. The summed E-state index contributed by atoms with van der Waals surface area (Å²) in [7, 11) is -5.15. The van der Waals surface area contributed by atoms with Gasteiger partial charge < -0.3 is 45.0 Å². The van der Waals surface area contributed by atoms with Crippen molar-refractivity contribution in [1.29, 1.82) is 0 Å². The topological polar surface area (TPSA) is 230 Å². The molecule has 7 N–H and O–H groups in total. The van der Waals surface area contributed by atoms with Gasteiger partial charge in [0.1, 0.15) is 43.2 Å². The van der Waals surface area contributed by atoms with Crippen LogP contribution in [0.25, 0.3) is 0 Å². The summed E-state index contributed by atoms with van der Waals surface area (Å²) < 4.78 is 33.4. The summed E-state index contributed by atoms with van der Waals surface area (Å²) in [4.78, 5) is 35.7. The lowest BCUT2D eigenvalue weighted by atomic mass is 9.85. The highest BCUT2D eigenvalue weighted by atomic mass is 31.2. The Bertz CT molecular complexity index is 1330. The van der Waals surface area contributed by atoms with E-state index in [-0.39, 0.29) is 12.8 Å². The van der Waals surface area contributed by atoms with Gasteiger partial charge in [0.25, 0.3) is 0 Å². The lowest BCUT2D eigenvalue weighted by Gasteiger charge is -2.41. The van der Waals surface area contributed by atoms with Gasteiger partial charge in [0.2, 0.25) is 0 Å². The van der Waals surface area contributed by atoms with Crippen LogP contribution in [0.1, 0.15) is 162 Å². The van der Waals surface area contributed by atoms with E-state index in [2.05, 4.69) is 26.0 Å². The number of rotatable bonds is 37. The summed E-state index contributed by atoms with van der Waals surface area (Å²) in [5.74, 6) is -1.20. The fourth-order valence-corrected chi connectivity index (χ4v) is 7.59. The third-order valence-corrected chi connectivity index (χ3v) is 11.4. The van der Waals surface area contributed by atoms with E-state index in [1.54, 1.807) is 6.08 Å². The summed E-state index contributed by atoms with van der Waals surface area (Å²) in [6.07, 6.45) is 27.4. The second-order valence-electron chi connectivity index (χ2n) is 16.1. The van der Waals surface area contributed by atoms with Crippen molar-refractivity contribution < 1.29 is 68.2 Å². The Morgan fingerprint density at radius 3 is 1.73 bits per heavy atom. The predicted octanol–water partition coefficient (Wildman–Crippen LogP) is 7.92. The molecule has 0 aliphatic heterocycles. The van der Waals surface area contributed by atoms with E-state index < -0.39 is 81.8 Å². The highest BCUT2D eigenvalue weighted by Crippen LogP contribution is 2.47. The van der Waals surface area contributed by atoms with Gasteiger partial charge in [-0.15, -0.1) is 0 Å². The summed E-state index contributed by atoms with van der Waals surface area (Å²) in [5, 5.41) is 60.0. The van der Waals surface area contributed by atoms with Crippen LogP contribution in [0, 0.1) is 0 Å². The predicted molar refractivity (Wildman–Crippen MR) is 241 cm³/mol. The second-order valence-corrected chi connectivity index (χ2v) is 17.5. The van der Waals surface area contributed by atoms with E-state index in [9.17, 15) is 49.7 Å². The van der Waals surface area contributed by atoms with Crippen LogP contribution in [0.2, 0.25) is 0 Å². The van der Waals surface area contributed by atoms with Gasteiger partial charge in [-0.05, 0) is 64.2 Å².